The number of fused-ring (bicyclic) bond motifs is 1. The van der Waals surface area contributed by atoms with Crippen molar-refractivity contribution in [2.45, 2.75) is 37.6 Å². The Labute approximate surface area is 165 Å². The molecular formula is C21H24N2O4S. The highest BCUT2D eigenvalue weighted by Crippen LogP contribution is 2.40. The van der Waals surface area contributed by atoms with Crippen LogP contribution in [-0.2, 0) is 14.8 Å². The quantitative estimate of drug-likeness (QED) is 0.793. The van der Waals surface area contributed by atoms with Crippen molar-refractivity contribution >= 4 is 21.6 Å². The molecule has 2 heterocycles. The molecule has 6 nitrogen and oxygen atoms in total. The largest absolute Gasteiger partial charge is 0.489 e. The van der Waals surface area contributed by atoms with Gasteiger partial charge in [-0.15, -0.1) is 0 Å². The number of anilines is 1. The summed E-state index contributed by atoms with van der Waals surface area (Å²) in [7, 11) is -3.67. The van der Waals surface area contributed by atoms with Crippen LogP contribution in [0.4, 0.5) is 5.69 Å². The Bertz CT molecular complexity index is 1020. The molecule has 0 aliphatic carbocycles. The van der Waals surface area contributed by atoms with Gasteiger partial charge in [0.15, 0.2) is 0 Å². The van der Waals surface area contributed by atoms with Gasteiger partial charge in [-0.3, -0.25) is 4.79 Å². The van der Waals surface area contributed by atoms with E-state index in [9.17, 15) is 13.2 Å². The Hall–Kier alpha value is -2.38. The lowest BCUT2D eigenvalue weighted by Gasteiger charge is -2.30. The SMILES string of the molecule is CC(=O)N1CCOc2cc(S(=O)(=O)N3CCC[C@@H]3c3ccccc3C)ccc21. The van der Waals surface area contributed by atoms with Gasteiger partial charge in [0.25, 0.3) is 0 Å². The van der Waals surface area contributed by atoms with Crippen molar-refractivity contribution in [3.05, 3.63) is 53.6 Å². The van der Waals surface area contributed by atoms with E-state index in [2.05, 4.69) is 0 Å². The van der Waals surface area contributed by atoms with Crippen LogP contribution in [0.25, 0.3) is 0 Å². The van der Waals surface area contributed by atoms with E-state index in [4.69, 9.17) is 4.74 Å². The fourth-order valence-corrected chi connectivity index (χ4v) is 5.81. The van der Waals surface area contributed by atoms with Crippen LogP contribution in [0.5, 0.6) is 5.75 Å². The van der Waals surface area contributed by atoms with Gasteiger partial charge in [-0.2, -0.15) is 4.31 Å². The van der Waals surface area contributed by atoms with Crippen molar-refractivity contribution < 1.29 is 17.9 Å². The fourth-order valence-electron chi connectivity index (χ4n) is 4.12. The van der Waals surface area contributed by atoms with Crippen molar-refractivity contribution in [2.75, 3.05) is 24.6 Å². The first-order chi connectivity index (χ1) is 13.4. The molecule has 0 bridgehead atoms. The van der Waals surface area contributed by atoms with Crippen LogP contribution < -0.4 is 9.64 Å². The molecule has 0 aromatic heterocycles. The van der Waals surface area contributed by atoms with Gasteiger partial charge in [-0.05, 0) is 43.0 Å². The summed E-state index contributed by atoms with van der Waals surface area (Å²) in [5.41, 5.74) is 2.77. The van der Waals surface area contributed by atoms with E-state index < -0.39 is 10.0 Å². The number of hydrogen-bond acceptors (Lipinski definition) is 4. The van der Waals surface area contributed by atoms with Crippen molar-refractivity contribution in [3.63, 3.8) is 0 Å². The summed E-state index contributed by atoms with van der Waals surface area (Å²) in [5.74, 6) is 0.355. The third kappa shape index (κ3) is 3.18. The topological polar surface area (TPSA) is 66.9 Å². The first kappa shape index (κ1) is 19.0. The molecule has 0 N–H and O–H groups in total. The third-order valence-electron chi connectivity index (χ3n) is 5.53. The van der Waals surface area contributed by atoms with Crippen LogP contribution in [0, 0.1) is 6.92 Å². The molecule has 1 amide bonds. The molecule has 2 aromatic rings. The molecule has 0 saturated carbocycles. The first-order valence-corrected chi connectivity index (χ1v) is 11.0. The van der Waals surface area contributed by atoms with Crippen LogP contribution in [0.2, 0.25) is 0 Å². The first-order valence-electron chi connectivity index (χ1n) is 9.52. The Morgan fingerprint density at radius 2 is 1.93 bits per heavy atom. The van der Waals surface area contributed by atoms with Gasteiger partial charge in [-0.1, -0.05) is 24.3 Å². The molecule has 2 aliphatic rings. The maximum atomic E-state index is 13.4. The molecule has 4 rings (SSSR count). The van der Waals surface area contributed by atoms with Gasteiger partial charge in [0.2, 0.25) is 15.9 Å². The maximum Gasteiger partial charge on any atom is 0.243 e. The van der Waals surface area contributed by atoms with E-state index in [1.54, 1.807) is 27.4 Å². The van der Waals surface area contributed by atoms with Crippen molar-refractivity contribution in [2.24, 2.45) is 0 Å². The highest BCUT2D eigenvalue weighted by atomic mass is 32.2. The fraction of sp³-hybridized carbons (Fsp3) is 0.381. The van der Waals surface area contributed by atoms with Gasteiger partial charge in [0, 0.05) is 19.5 Å². The van der Waals surface area contributed by atoms with E-state index in [1.807, 2.05) is 31.2 Å². The van der Waals surface area contributed by atoms with Gasteiger partial charge in [-0.25, -0.2) is 8.42 Å². The molecule has 1 saturated heterocycles. The smallest absolute Gasteiger partial charge is 0.243 e. The number of carbonyl (C=O) groups excluding carboxylic acids is 1. The minimum atomic E-state index is -3.67. The van der Waals surface area contributed by atoms with Crippen LogP contribution >= 0.6 is 0 Å². The Balaban J connectivity index is 1.70. The Morgan fingerprint density at radius 1 is 1.14 bits per heavy atom. The molecule has 0 spiro atoms. The molecule has 2 aliphatic heterocycles. The van der Waals surface area contributed by atoms with Gasteiger partial charge < -0.3 is 9.64 Å². The lowest BCUT2D eigenvalue weighted by Crippen LogP contribution is -2.36. The number of hydrogen-bond donors (Lipinski definition) is 0. The molecule has 148 valence electrons. The molecule has 1 atom stereocenters. The zero-order valence-electron chi connectivity index (χ0n) is 16.1. The van der Waals surface area contributed by atoms with E-state index in [-0.39, 0.29) is 16.8 Å². The monoisotopic (exact) mass is 400 g/mol. The molecule has 0 radical (unpaired) electrons. The van der Waals surface area contributed by atoms with E-state index in [0.717, 1.165) is 24.0 Å². The summed E-state index contributed by atoms with van der Waals surface area (Å²) < 4.78 is 34.1. The second kappa shape index (κ2) is 7.22. The molecule has 28 heavy (non-hydrogen) atoms. The number of carbonyl (C=O) groups is 1. The highest BCUT2D eigenvalue weighted by Gasteiger charge is 2.37. The zero-order valence-corrected chi connectivity index (χ0v) is 16.9. The van der Waals surface area contributed by atoms with E-state index in [0.29, 0.717) is 31.1 Å². The Morgan fingerprint density at radius 3 is 2.68 bits per heavy atom. The van der Waals surface area contributed by atoms with Crippen molar-refractivity contribution in [1.82, 2.24) is 4.31 Å². The number of sulfonamides is 1. The van der Waals surface area contributed by atoms with E-state index >= 15 is 0 Å². The number of aryl methyl sites for hydroxylation is 1. The lowest BCUT2D eigenvalue weighted by atomic mass is 10.0. The average Bonchev–Trinajstić information content (AvgIpc) is 3.17. The van der Waals surface area contributed by atoms with Crippen molar-refractivity contribution in [3.8, 4) is 5.75 Å². The van der Waals surface area contributed by atoms with Crippen LogP contribution in [0.1, 0.15) is 36.9 Å². The third-order valence-corrected chi connectivity index (χ3v) is 7.44. The summed E-state index contributed by atoms with van der Waals surface area (Å²) in [6, 6.07) is 12.6. The number of nitrogens with zero attached hydrogens (tertiary/aromatic N) is 2. The molecule has 1 fully saturated rings. The predicted octanol–water partition coefficient (Wildman–Crippen LogP) is 3.27. The molecule has 0 unspecified atom stereocenters. The number of benzene rings is 2. The minimum Gasteiger partial charge on any atom is -0.489 e. The second-order valence-corrected chi connectivity index (χ2v) is 9.17. The summed E-state index contributed by atoms with van der Waals surface area (Å²) in [5, 5.41) is 0. The van der Waals surface area contributed by atoms with Crippen molar-refractivity contribution in [1.29, 1.82) is 0 Å². The normalized spacial score (nSPS) is 19.9. The average molecular weight is 401 g/mol. The van der Waals surface area contributed by atoms with E-state index in [1.165, 1.54) is 6.92 Å². The lowest BCUT2D eigenvalue weighted by molar-refractivity contribution is -0.116. The molecular weight excluding hydrogens is 376 g/mol. The second-order valence-electron chi connectivity index (χ2n) is 7.28. The number of amides is 1. The molecule has 7 heteroatoms. The molecule has 2 aromatic carbocycles. The van der Waals surface area contributed by atoms with Crippen LogP contribution in [0.15, 0.2) is 47.4 Å². The Kier molecular flexibility index (Phi) is 4.89. The summed E-state index contributed by atoms with van der Waals surface area (Å²) in [4.78, 5) is 13.6. The van der Waals surface area contributed by atoms with Crippen LogP contribution in [-0.4, -0.2) is 38.3 Å². The zero-order chi connectivity index (χ0) is 19.9. The van der Waals surface area contributed by atoms with Gasteiger partial charge in [0.05, 0.1) is 23.2 Å². The minimum absolute atomic E-state index is 0.0840. The predicted molar refractivity (Wildman–Crippen MR) is 107 cm³/mol. The summed E-state index contributed by atoms with van der Waals surface area (Å²) in [6.07, 6.45) is 1.64. The van der Waals surface area contributed by atoms with Crippen LogP contribution in [0.3, 0.4) is 0 Å². The summed E-state index contributed by atoms with van der Waals surface area (Å²) >= 11 is 0. The number of ether oxygens (including phenoxy) is 1. The highest BCUT2D eigenvalue weighted by molar-refractivity contribution is 7.89. The maximum absolute atomic E-state index is 13.4. The standard InChI is InChI=1S/C21H24N2O4S/c1-15-6-3-4-7-18(15)19-8-5-11-23(19)28(25,26)17-9-10-20-21(14-17)27-13-12-22(20)16(2)24/h3-4,6-7,9-10,14,19H,5,8,11-13H2,1-2H3/t19-/m1/s1. The van der Waals surface area contributed by atoms with Gasteiger partial charge in [0.1, 0.15) is 12.4 Å². The summed E-state index contributed by atoms with van der Waals surface area (Å²) in [6.45, 7) is 4.83. The number of rotatable bonds is 3. The van der Waals surface area contributed by atoms with Gasteiger partial charge >= 0.3 is 0 Å².